The zero-order valence-electron chi connectivity index (χ0n) is 17.4. The van der Waals surface area contributed by atoms with Gasteiger partial charge in [0.15, 0.2) is 6.10 Å². The fraction of sp³-hybridized carbons (Fsp3) is 0.273. The van der Waals surface area contributed by atoms with E-state index in [1.807, 2.05) is 6.07 Å². The van der Waals surface area contributed by atoms with E-state index in [2.05, 4.69) is 21.1 Å². The van der Waals surface area contributed by atoms with Crippen LogP contribution in [0, 0.1) is 0 Å². The molecule has 1 unspecified atom stereocenters. The number of phenolic OH excluding ortho intramolecular Hbond substituents is 1. The highest BCUT2D eigenvalue weighted by molar-refractivity contribution is 9.18. The van der Waals surface area contributed by atoms with E-state index >= 15 is 0 Å². The molecule has 3 rings (SSSR count). The zero-order chi connectivity index (χ0) is 24.0. The van der Waals surface area contributed by atoms with E-state index in [4.69, 9.17) is 20.4 Å². The first-order chi connectivity index (χ1) is 15.7. The number of hydrogen-bond donors (Lipinski definition) is 3. The first-order valence-corrected chi connectivity index (χ1v) is 10.7. The van der Waals surface area contributed by atoms with Crippen LogP contribution in [0.4, 0.5) is 4.79 Å². The molecule has 0 saturated heterocycles. The number of rotatable bonds is 8. The maximum absolute atomic E-state index is 13.4. The molecule has 0 saturated carbocycles. The highest BCUT2D eigenvalue weighted by Crippen LogP contribution is 2.23. The minimum atomic E-state index is -1.28. The van der Waals surface area contributed by atoms with E-state index in [9.17, 15) is 19.5 Å². The lowest BCUT2D eigenvalue weighted by Gasteiger charge is -2.24. The van der Waals surface area contributed by atoms with Crippen molar-refractivity contribution >= 4 is 38.5 Å². The normalized spacial score (nSPS) is 15.8. The Balaban J connectivity index is 1.86. The summed E-state index contributed by atoms with van der Waals surface area (Å²) >= 11 is 3.21. The molecule has 10 nitrogen and oxygen atoms in total. The second-order valence-electron chi connectivity index (χ2n) is 7.35. The number of carbonyl (C=O) groups excluding carboxylic acids is 2. The Morgan fingerprint density at radius 3 is 2.61 bits per heavy atom. The molecular formula is C22H22BrN3O7. The maximum Gasteiger partial charge on any atom is 0.417 e. The van der Waals surface area contributed by atoms with Crippen molar-refractivity contribution in [3.63, 3.8) is 0 Å². The third kappa shape index (κ3) is 6.53. The molecule has 0 bridgehead atoms. The Morgan fingerprint density at radius 1 is 1.24 bits per heavy atom. The molecule has 2 amide bonds. The van der Waals surface area contributed by atoms with Gasteiger partial charge in [-0.15, -0.1) is 0 Å². The van der Waals surface area contributed by atoms with Gasteiger partial charge in [0.1, 0.15) is 23.0 Å². The fourth-order valence-corrected chi connectivity index (χ4v) is 3.59. The largest absolute Gasteiger partial charge is 0.508 e. The summed E-state index contributed by atoms with van der Waals surface area (Å²) < 4.78 is 5.87. The van der Waals surface area contributed by atoms with Crippen LogP contribution in [-0.4, -0.2) is 56.4 Å². The van der Waals surface area contributed by atoms with Crippen LogP contribution in [0.3, 0.4) is 0 Å². The number of phenols is 1. The molecule has 0 radical (unpaired) electrons. The number of aliphatic carboxylic acids is 1. The number of carbonyl (C=O) groups is 3. The van der Waals surface area contributed by atoms with E-state index in [0.717, 1.165) is 16.5 Å². The van der Waals surface area contributed by atoms with Crippen molar-refractivity contribution in [2.24, 2.45) is 10.9 Å². The van der Waals surface area contributed by atoms with Crippen molar-refractivity contribution in [3.8, 4) is 5.75 Å². The predicted molar refractivity (Wildman–Crippen MR) is 121 cm³/mol. The van der Waals surface area contributed by atoms with Gasteiger partial charge in [0, 0.05) is 12.0 Å². The van der Waals surface area contributed by atoms with Crippen LogP contribution in [0.2, 0.25) is 0 Å². The van der Waals surface area contributed by atoms with Crippen LogP contribution in [0.5, 0.6) is 5.75 Å². The second kappa shape index (κ2) is 10.9. The molecule has 4 N–H and O–H groups in total. The van der Waals surface area contributed by atoms with Gasteiger partial charge in [0.2, 0.25) is 0 Å². The molecule has 0 spiro atoms. The number of nitrogens with two attached hydrogens (primary N) is 1. The number of nitrogens with zero attached hydrogens (tertiary/aromatic N) is 2. The number of aromatic hydroxyl groups is 1. The van der Waals surface area contributed by atoms with Crippen LogP contribution >= 0.6 is 15.9 Å². The molecule has 174 valence electrons. The summed E-state index contributed by atoms with van der Waals surface area (Å²) in [6, 6.07) is 11.5. The molecule has 1 aliphatic heterocycles. The number of ether oxygens (including phenoxy) is 1. The number of carboxylic acids is 1. The number of imide groups is 1. The van der Waals surface area contributed by atoms with Crippen LogP contribution in [0.25, 0.3) is 0 Å². The monoisotopic (exact) mass is 519 g/mol. The number of benzene rings is 2. The average molecular weight is 520 g/mol. The molecular weight excluding hydrogens is 498 g/mol. The lowest BCUT2D eigenvalue weighted by Crippen LogP contribution is -2.43. The Labute approximate surface area is 197 Å². The van der Waals surface area contributed by atoms with Gasteiger partial charge in [0.25, 0.3) is 5.91 Å². The van der Waals surface area contributed by atoms with Gasteiger partial charge in [-0.25, -0.2) is 9.69 Å². The number of halogens is 1. The number of carboxylic acid groups (broad SMARTS) is 1. The lowest BCUT2D eigenvalue weighted by atomic mass is 9.99. The smallest absolute Gasteiger partial charge is 0.417 e. The summed E-state index contributed by atoms with van der Waals surface area (Å²) in [5.74, 6) is -2.27. The van der Waals surface area contributed by atoms with Crippen molar-refractivity contribution in [2.75, 3.05) is 6.54 Å². The Hall–Kier alpha value is -3.44. The summed E-state index contributed by atoms with van der Waals surface area (Å²) in [5.41, 5.74) is 6.55. The van der Waals surface area contributed by atoms with Crippen molar-refractivity contribution in [1.82, 2.24) is 4.90 Å². The van der Waals surface area contributed by atoms with Gasteiger partial charge in [-0.2, -0.15) is 0 Å². The minimum absolute atomic E-state index is 0.0635. The molecule has 2 atom stereocenters. The highest BCUT2D eigenvalue weighted by atomic mass is 79.9. The molecule has 0 fully saturated rings. The number of amides is 2. The Kier molecular flexibility index (Phi) is 8.01. The molecule has 2 aromatic rings. The van der Waals surface area contributed by atoms with E-state index in [0.29, 0.717) is 11.0 Å². The summed E-state index contributed by atoms with van der Waals surface area (Å²) in [7, 11) is 0. The van der Waals surface area contributed by atoms with Crippen LogP contribution < -0.4 is 5.73 Å². The van der Waals surface area contributed by atoms with Crippen molar-refractivity contribution in [1.29, 1.82) is 0 Å². The van der Waals surface area contributed by atoms with Crippen molar-refractivity contribution in [3.05, 3.63) is 65.2 Å². The van der Waals surface area contributed by atoms with Crippen LogP contribution in [0.15, 0.2) is 53.7 Å². The zero-order valence-corrected chi connectivity index (χ0v) is 19.0. The van der Waals surface area contributed by atoms with E-state index in [1.54, 1.807) is 24.3 Å². The highest BCUT2D eigenvalue weighted by Gasteiger charge is 2.32. The number of oxime groups is 1. The molecule has 1 heterocycles. The molecule has 2 aromatic carbocycles. The van der Waals surface area contributed by atoms with Crippen LogP contribution in [-0.2, 0) is 27.4 Å². The lowest BCUT2D eigenvalue weighted by molar-refractivity contribution is -0.138. The summed E-state index contributed by atoms with van der Waals surface area (Å²) in [6.07, 6.45) is -1.37. The van der Waals surface area contributed by atoms with Crippen LogP contribution in [0.1, 0.15) is 27.9 Å². The number of hydrogen-bond acceptors (Lipinski definition) is 8. The quantitative estimate of drug-likeness (QED) is 0.481. The van der Waals surface area contributed by atoms with E-state index < -0.39 is 30.1 Å². The molecule has 1 aliphatic rings. The van der Waals surface area contributed by atoms with E-state index in [1.165, 1.54) is 12.1 Å². The maximum atomic E-state index is 13.4. The second-order valence-corrected chi connectivity index (χ2v) is 8.26. The standard InChI is InChI=1S/C22H22BrN3O7/c23-19-10-16(33-25-19)11-26(22(31)32-12-13-4-2-1-3-5-13)20(28)17-9-15(27)7-6-14(17)8-18(24)21(29)30/h1-7,9,16,18,27H,8,10-12,24H2,(H,29,30)/t16?,18-/m0/s1. The third-order valence-electron chi connectivity index (χ3n) is 4.83. The van der Waals surface area contributed by atoms with Gasteiger partial charge < -0.3 is 25.5 Å². The predicted octanol–water partition coefficient (Wildman–Crippen LogP) is 2.62. The Bertz CT molecular complexity index is 1060. The topological polar surface area (TPSA) is 152 Å². The third-order valence-corrected chi connectivity index (χ3v) is 5.30. The first kappa shape index (κ1) is 24.2. The molecule has 0 aliphatic carbocycles. The van der Waals surface area contributed by atoms with E-state index in [-0.39, 0.29) is 36.4 Å². The summed E-state index contributed by atoms with van der Waals surface area (Å²) in [6.45, 7) is -0.239. The van der Waals surface area contributed by atoms with Gasteiger partial charge in [-0.05, 0) is 45.6 Å². The minimum Gasteiger partial charge on any atom is -0.508 e. The van der Waals surface area contributed by atoms with Crippen molar-refractivity contribution in [2.45, 2.75) is 31.6 Å². The Morgan fingerprint density at radius 2 is 1.97 bits per heavy atom. The summed E-state index contributed by atoms with van der Waals surface area (Å²) in [4.78, 5) is 43.6. The molecule has 0 aromatic heterocycles. The van der Waals surface area contributed by atoms with Gasteiger partial charge in [-0.3, -0.25) is 9.59 Å². The van der Waals surface area contributed by atoms with Crippen molar-refractivity contribution < 1.29 is 34.2 Å². The molecule has 33 heavy (non-hydrogen) atoms. The van der Waals surface area contributed by atoms with Gasteiger partial charge in [0.05, 0.1) is 6.54 Å². The SMILES string of the molecule is N[C@@H](Cc1ccc(O)cc1C(=O)N(CC1CC(Br)=NO1)C(=O)OCc1ccccc1)C(=O)O. The van der Waals surface area contributed by atoms with Gasteiger partial charge >= 0.3 is 12.1 Å². The fourth-order valence-electron chi connectivity index (χ4n) is 3.14. The summed E-state index contributed by atoms with van der Waals surface area (Å²) in [5, 5.41) is 22.8. The van der Waals surface area contributed by atoms with Gasteiger partial charge in [-0.1, -0.05) is 41.6 Å². The average Bonchev–Trinajstić information content (AvgIpc) is 3.21. The molecule has 11 heteroatoms. The first-order valence-electron chi connectivity index (χ1n) is 9.95.